The molecule has 22 heavy (non-hydrogen) atoms. The van der Waals surface area contributed by atoms with Crippen LogP contribution < -0.4 is 5.32 Å². The number of benzene rings is 3. The second-order valence-electron chi connectivity index (χ2n) is 5.50. The van der Waals surface area contributed by atoms with Crippen molar-refractivity contribution >= 4 is 11.6 Å². The van der Waals surface area contributed by atoms with E-state index in [0.717, 1.165) is 22.4 Å². The molecule has 0 atom stereocenters. The molecule has 1 aliphatic rings. The van der Waals surface area contributed by atoms with E-state index >= 15 is 0 Å². The Kier molecular flexibility index (Phi) is 3.01. The van der Waals surface area contributed by atoms with Crippen LogP contribution in [0.5, 0.6) is 0 Å². The highest BCUT2D eigenvalue weighted by Gasteiger charge is 2.20. The van der Waals surface area contributed by atoms with Crippen molar-refractivity contribution in [3.63, 3.8) is 0 Å². The Bertz CT molecular complexity index is 835. The lowest BCUT2D eigenvalue weighted by Crippen LogP contribution is -2.03. The van der Waals surface area contributed by atoms with Crippen LogP contribution in [0.3, 0.4) is 0 Å². The van der Waals surface area contributed by atoms with Crippen LogP contribution in [-0.4, -0.2) is 5.91 Å². The summed E-state index contributed by atoms with van der Waals surface area (Å²) in [4.78, 5) is 11.6. The first-order valence-electron chi connectivity index (χ1n) is 7.39. The Hall–Kier alpha value is -2.87. The minimum atomic E-state index is 0.0726. The molecule has 2 nitrogen and oxygen atoms in total. The van der Waals surface area contributed by atoms with Crippen molar-refractivity contribution < 1.29 is 4.79 Å². The van der Waals surface area contributed by atoms with Crippen molar-refractivity contribution in [1.29, 1.82) is 0 Å². The van der Waals surface area contributed by atoms with Gasteiger partial charge < -0.3 is 5.32 Å². The van der Waals surface area contributed by atoms with Gasteiger partial charge in [-0.15, -0.1) is 0 Å². The molecule has 0 aliphatic carbocycles. The van der Waals surface area contributed by atoms with Crippen LogP contribution in [-0.2, 0) is 11.2 Å². The zero-order valence-electron chi connectivity index (χ0n) is 12.0. The van der Waals surface area contributed by atoms with Crippen LogP contribution in [0.15, 0.2) is 72.8 Å². The maximum Gasteiger partial charge on any atom is 0.228 e. The highest BCUT2D eigenvalue weighted by atomic mass is 16.1. The molecule has 1 aliphatic heterocycles. The third-order valence-corrected chi connectivity index (χ3v) is 4.09. The lowest BCUT2D eigenvalue weighted by Gasteiger charge is -2.09. The Morgan fingerprint density at radius 2 is 1.36 bits per heavy atom. The van der Waals surface area contributed by atoms with E-state index in [1.807, 2.05) is 30.3 Å². The molecule has 0 fully saturated rings. The Balaban J connectivity index is 1.74. The fraction of sp³-hybridized carbons (Fsp3) is 0.0500. The highest BCUT2D eigenvalue weighted by molar-refractivity contribution is 6.01. The van der Waals surface area contributed by atoms with Gasteiger partial charge in [0.1, 0.15) is 0 Å². The summed E-state index contributed by atoms with van der Waals surface area (Å²) >= 11 is 0. The Labute approximate surface area is 129 Å². The van der Waals surface area contributed by atoms with Gasteiger partial charge in [0.25, 0.3) is 0 Å². The van der Waals surface area contributed by atoms with Crippen molar-refractivity contribution in [1.82, 2.24) is 0 Å². The van der Waals surface area contributed by atoms with Crippen LogP contribution in [0.25, 0.3) is 22.3 Å². The minimum Gasteiger partial charge on any atom is -0.326 e. The van der Waals surface area contributed by atoms with E-state index in [0.29, 0.717) is 6.42 Å². The number of anilines is 1. The Morgan fingerprint density at radius 3 is 2.14 bits per heavy atom. The van der Waals surface area contributed by atoms with E-state index in [4.69, 9.17) is 0 Å². The van der Waals surface area contributed by atoms with Crippen molar-refractivity contribution in [2.24, 2.45) is 0 Å². The summed E-state index contributed by atoms with van der Waals surface area (Å²) in [5.41, 5.74) is 6.73. The molecule has 0 unspecified atom stereocenters. The smallest absolute Gasteiger partial charge is 0.228 e. The molecule has 2 heteroatoms. The second-order valence-corrected chi connectivity index (χ2v) is 5.50. The number of fused-ring (bicyclic) bond motifs is 1. The molecule has 0 bridgehead atoms. The molecule has 0 radical (unpaired) electrons. The molecule has 106 valence electrons. The van der Waals surface area contributed by atoms with Crippen molar-refractivity contribution in [3.05, 3.63) is 78.4 Å². The summed E-state index contributed by atoms with van der Waals surface area (Å²) < 4.78 is 0. The van der Waals surface area contributed by atoms with Gasteiger partial charge in [0.2, 0.25) is 5.91 Å². The lowest BCUT2D eigenvalue weighted by molar-refractivity contribution is -0.115. The van der Waals surface area contributed by atoms with Crippen LogP contribution in [0, 0.1) is 0 Å². The van der Waals surface area contributed by atoms with Gasteiger partial charge in [-0.05, 0) is 33.9 Å². The molecule has 1 amide bonds. The van der Waals surface area contributed by atoms with Gasteiger partial charge in [-0.25, -0.2) is 0 Å². The first-order valence-corrected chi connectivity index (χ1v) is 7.39. The zero-order chi connectivity index (χ0) is 14.9. The lowest BCUT2D eigenvalue weighted by atomic mass is 9.96. The molecule has 1 heterocycles. The first kappa shape index (κ1) is 12.8. The number of hydrogen-bond donors (Lipinski definition) is 1. The third-order valence-electron chi connectivity index (χ3n) is 4.09. The Morgan fingerprint density at radius 1 is 0.682 bits per heavy atom. The monoisotopic (exact) mass is 285 g/mol. The van der Waals surface area contributed by atoms with Gasteiger partial charge in [-0.1, -0.05) is 66.7 Å². The first-order chi connectivity index (χ1) is 10.8. The number of carbonyl (C=O) groups excluding carboxylic acids is 1. The summed E-state index contributed by atoms with van der Waals surface area (Å²) in [5, 5.41) is 2.91. The van der Waals surface area contributed by atoms with Crippen molar-refractivity contribution in [3.8, 4) is 22.3 Å². The van der Waals surface area contributed by atoms with Gasteiger partial charge in [0.15, 0.2) is 0 Å². The summed E-state index contributed by atoms with van der Waals surface area (Å²) in [5.74, 6) is 0.0726. The molecule has 3 aromatic rings. The quantitative estimate of drug-likeness (QED) is 0.737. The molecular formula is C20H15NO. The maximum atomic E-state index is 11.6. The molecule has 0 saturated heterocycles. The van der Waals surface area contributed by atoms with Crippen molar-refractivity contribution in [2.75, 3.05) is 5.32 Å². The molecule has 0 spiro atoms. The van der Waals surface area contributed by atoms with Crippen LogP contribution >= 0.6 is 0 Å². The van der Waals surface area contributed by atoms with Gasteiger partial charge in [-0.3, -0.25) is 4.79 Å². The molecule has 4 rings (SSSR count). The van der Waals surface area contributed by atoms with Crippen molar-refractivity contribution in [2.45, 2.75) is 6.42 Å². The normalized spacial score (nSPS) is 12.8. The number of amides is 1. The maximum absolute atomic E-state index is 11.6. The summed E-state index contributed by atoms with van der Waals surface area (Å²) in [6.45, 7) is 0. The van der Waals surface area contributed by atoms with E-state index in [1.165, 1.54) is 11.1 Å². The minimum absolute atomic E-state index is 0.0726. The molecule has 0 aromatic heterocycles. The van der Waals surface area contributed by atoms with E-state index in [-0.39, 0.29) is 5.91 Å². The predicted octanol–water partition coefficient (Wildman–Crippen LogP) is 4.52. The fourth-order valence-corrected chi connectivity index (χ4v) is 2.99. The average molecular weight is 285 g/mol. The SMILES string of the molecule is O=C1Cc2c(cccc2-c2ccc(-c3ccccc3)cc2)N1. The predicted molar refractivity (Wildman–Crippen MR) is 89.6 cm³/mol. The van der Waals surface area contributed by atoms with Gasteiger partial charge in [-0.2, -0.15) is 0 Å². The molecule has 3 aromatic carbocycles. The van der Waals surface area contributed by atoms with Crippen LogP contribution in [0.4, 0.5) is 5.69 Å². The zero-order valence-corrected chi connectivity index (χ0v) is 12.0. The van der Waals surface area contributed by atoms with E-state index in [2.05, 4.69) is 47.8 Å². The summed E-state index contributed by atoms with van der Waals surface area (Å²) in [6, 6.07) is 24.9. The summed E-state index contributed by atoms with van der Waals surface area (Å²) in [6.07, 6.45) is 0.464. The summed E-state index contributed by atoms with van der Waals surface area (Å²) in [7, 11) is 0. The number of rotatable bonds is 2. The standard InChI is InChI=1S/C20H15NO/c22-20-13-18-17(7-4-8-19(18)21-20)16-11-9-15(10-12-16)14-5-2-1-3-6-14/h1-12H,13H2,(H,21,22). The topological polar surface area (TPSA) is 29.1 Å². The molecule has 1 N–H and O–H groups in total. The highest BCUT2D eigenvalue weighted by Crippen LogP contribution is 2.34. The van der Waals surface area contributed by atoms with Gasteiger partial charge in [0, 0.05) is 5.69 Å². The van der Waals surface area contributed by atoms with E-state index < -0.39 is 0 Å². The average Bonchev–Trinajstić information content (AvgIpc) is 2.96. The largest absolute Gasteiger partial charge is 0.326 e. The second kappa shape index (κ2) is 5.15. The molecule has 0 saturated carbocycles. The van der Waals surface area contributed by atoms with Crippen LogP contribution in [0.1, 0.15) is 5.56 Å². The third kappa shape index (κ3) is 2.19. The number of nitrogens with one attached hydrogen (secondary N) is 1. The number of hydrogen-bond acceptors (Lipinski definition) is 1. The van der Waals surface area contributed by atoms with Crippen LogP contribution in [0.2, 0.25) is 0 Å². The number of carbonyl (C=O) groups is 1. The molecular weight excluding hydrogens is 270 g/mol. The van der Waals surface area contributed by atoms with E-state index in [1.54, 1.807) is 0 Å². The van der Waals surface area contributed by atoms with Gasteiger partial charge in [0.05, 0.1) is 6.42 Å². The van der Waals surface area contributed by atoms with E-state index in [9.17, 15) is 4.79 Å². The fourth-order valence-electron chi connectivity index (χ4n) is 2.99. The van der Waals surface area contributed by atoms with Gasteiger partial charge >= 0.3 is 0 Å².